The van der Waals surface area contributed by atoms with Crippen molar-refractivity contribution in [3.8, 4) is 0 Å². The highest BCUT2D eigenvalue weighted by Gasteiger charge is 2.26. The molecular weight excluding hydrogens is 443 g/mol. The van der Waals surface area contributed by atoms with Crippen molar-refractivity contribution in [2.75, 3.05) is 11.9 Å². The topological polar surface area (TPSA) is 68.3 Å². The summed E-state index contributed by atoms with van der Waals surface area (Å²) in [6.07, 6.45) is 4.52. The van der Waals surface area contributed by atoms with Crippen LogP contribution in [0.25, 0.3) is 22.6 Å². The monoisotopic (exact) mass is 466 g/mol. The lowest BCUT2D eigenvalue weighted by Gasteiger charge is -2.22. The van der Waals surface area contributed by atoms with Crippen LogP contribution >= 0.6 is 0 Å². The predicted octanol–water partition coefficient (Wildman–Crippen LogP) is 6.05. The van der Waals surface area contributed by atoms with Gasteiger partial charge in [0.15, 0.2) is 6.61 Å². The molecule has 0 unspecified atom stereocenters. The number of nitrogens with zero attached hydrogens (tertiary/aromatic N) is 1. The van der Waals surface area contributed by atoms with Crippen molar-refractivity contribution in [2.45, 2.75) is 19.3 Å². The van der Waals surface area contributed by atoms with Gasteiger partial charge in [-0.3, -0.25) is 4.79 Å². The number of allylic oxidation sites excluding steroid dienone is 1. The molecule has 35 heavy (non-hydrogen) atoms. The van der Waals surface area contributed by atoms with Gasteiger partial charge in [0.05, 0.1) is 22.5 Å². The summed E-state index contributed by atoms with van der Waals surface area (Å²) in [5, 5.41) is 3.13. The van der Waals surface area contributed by atoms with Gasteiger partial charge in [-0.05, 0) is 60.2 Å². The molecule has 0 saturated carbocycles. The summed E-state index contributed by atoms with van der Waals surface area (Å²) >= 11 is 0. The summed E-state index contributed by atoms with van der Waals surface area (Å²) in [6, 6.07) is 23.3. The Morgan fingerprint density at radius 1 is 0.943 bits per heavy atom. The Morgan fingerprint density at radius 3 is 2.51 bits per heavy atom. The molecule has 174 valence electrons. The highest BCUT2D eigenvalue weighted by molar-refractivity contribution is 6.07. The molecule has 6 heteroatoms. The first-order valence-electron chi connectivity index (χ1n) is 11.5. The second-order valence-corrected chi connectivity index (χ2v) is 8.37. The lowest BCUT2D eigenvalue weighted by molar-refractivity contribution is -0.119. The molecule has 5 nitrogen and oxygen atoms in total. The van der Waals surface area contributed by atoms with E-state index in [2.05, 4.69) is 11.4 Å². The second-order valence-electron chi connectivity index (χ2n) is 8.37. The third-order valence-corrected chi connectivity index (χ3v) is 6.00. The lowest BCUT2D eigenvalue weighted by Crippen LogP contribution is -2.23. The average Bonchev–Trinajstić information content (AvgIpc) is 2.88. The number of para-hydroxylation sites is 2. The smallest absolute Gasteiger partial charge is 0.339 e. The van der Waals surface area contributed by atoms with Crippen LogP contribution in [0.5, 0.6) is 0 Å². The molecule has 0 radical (unpaired) electrons. The number of pyridine rings is 1. The number of benzene rings is 3. The van der Waals surface area contributed by atoms with Crippen LogP contribution in [-0.4, -0.2) is 23.5 Å². The van der Waals surface area contributed by atoms with Crippen molar-refractivity contribution < 1.29 is 18.7 Å². The van der Waals surface area contributed by atoms with Crippen LogP contribution in [0.2, 0.25) is 0 Å². The molecule has 1 aliphatic carbocycles. The number of hydrogen-bond donors (Lipinski definition) is 1. The van der Waals surface area contributed by atoms with Crippen LogP contribution in [0, 0.1) is 5.82 Å². The minimum Gasteiger partial charge on any atom is -0.452 e. The van der Waals surface area contributed by atoms with Gasteiger partial charge in [0.25, 0.3) is 5.91 Å². The molecule has 0 spiro atoms. The maximum Gasteiger partial charge on any atom is 0.339 e. The first-order chi connectivity index (χ1) is 17.1. The highest BCUT2D eigenvalue weighted by Crippen LogP contribution is 2.36. The number of halogens is 1. The fourth-order valence-electron chi connectivity index (χ4n) is 4.41. The first kappa shape index (κ1) is 22.5. The van der Waals surface area contributed by atoms with E-state index in [1.54, 1.807) is 6.07 Å². The number of rotatable bonds is 5. The Morgan fingerprint density at radius 2 is 1.69 bits per heavy atom. The van der Waals surface area contributed by atoms with Gasteiger partial charge >= 0.3 is 5.97 Å². The number of aromatic nitrogens is 1. The van der Waals surface area contributed by atoms with E-state index < -0.39 is 24.3 Å². The van der Waals surface area contributed by atoms with E-state index in [-0.39, 0.29) is 5.69 Å². The highest BCUT2D eigenvalue weighted by atomic mass is 19.1. The van der Waals surface area contributed by atoms with Gasteiger partial charge in [-0.1, -0.05) is 60.7 Å². The maximum atomic E-state index is 13.8. The Kier molecular flexibility index (Phi) is 6.35. The Hall–Kier alpha value is -4.32. The number of nitrogens with one attached hydrogen (secondary N) is 1. The fourth-order valence-corrected chi connectivity index (χ4v) is 4.41. The summed E-state index contributed by atoms with van der Waals surface area (Å²) in [4.78, 5) is 30.5. The quantitative estimate of drug-likeness (QED) is 0.364. The lowest BCUT2D eigenvalue weighted by atomic mass is 9.86. The van der Waals surface area contributed by atoms with Gasteiger partial charge in [0, 0.05) is 5.39 Å². The third-order valence-electron chi connectivity index (χ3n) is 6.00. The summed E-state index contributed by atoms with van der Waals surface area (Å²) in [7, 11) is 0. The summed E-state index contributed by atoms with van der Waals surface area (Å²) in [5.74, 6) is -1.76. The molecule has 0 aliphatic heterocycles. The summed E-state index contributed by atoms with van der Waals surface area (Å²) in [6.45, 7) is -0.523. The normalized spacial score (nSPS) is 13.9. The van der Waals surface area contributed by atoms with E-state index >= 15 is 0 Å². The number of esters is 1. The van der Waals surface area contributed by atoms with E-state index in [9.17, 15) is 14.0 Å². The van der Waals surface area contributed by atoms with E-state index in [0.717, 1.165) is 35.2 Å². The number of anilines is 1. The zero-order valence-electron chi connectivity index (χ0n) is 19.0. The van der Waals surface area contributed by atoms with E-state index in [1.165, 1.54) is 18.2 Å². The van der Waals surface area contributed by atoms with Crippen LogP contribution in [-0.2, 0) is 16.0 Å². The van der Waals surface area contributed by atoms with Gasteiger partial charge in [0.1, 0.15) is 5.82 Å². The van der Waals surface area contributed by atoms with Crippen molar-refractivity contribution in [3.05, 3.63) is 107 Å². The van der Waals surface area contributed by atoms with E-state index in [0.29, 0.717) is 22.9 Å². The number of carbonyl (C=O) groups excluding carboxylic acids is 2. The Balaban J connectivity index is 1.47. The van der Waals surface area contributed by atoms with Crippen LogP contribution in [0.15, 0.2) is 78.9 Å². The molecule has 0 atom stereocenters. The molecule has 1 heterocycles. The molecular formula is C29H23FN2O3. The second kappa shape index (κ2) is 9.89. The minimum atomic E-state index is -0.611. The third kappa shape index (κ3) is 4.82. The Labute approximate surface area is 202 Å². The largest absolute Gasteiger partial charge is 0.452 e. The summed E-state index contributed by atoms with van der Waals surface area (Å²) < 4.78 is 19.2. The SMILES string of the molecule is O=C(COC(=O)c1c2c(nc3ccccc13)/C(=C\c1ccccc1)CCC2)Nc1ccccc1F. The van der Waals surface area contributed by atoms with Gasteiger partial charge < -0.3 is 10.1 Å². The van der Waals surface area contributed by atoms with Gasteiger partial charge in [-0.15, -0.1) is 0 Å². The van der Waals surface area contributed by atoms with Crippen molar-refractivity contribution in [2.24, 2.45) is 0 Å². The zero-order valence-corrected chi connectivity index (χ0v) is 19.0. The van der Waals surface area contributed by atoms with Gasteiger partial charge in [-0.2, -0.15) is 0 Å². The molecule has 3 aromatic carbocycles. The van der Waals surface area contributed by atoms with E-state index in [1.807, 2.05) is 54.6 Å². The fraction of sp³-hybridized carbons (Fsp3) is 0.138. The van der Waals surface area contributed by atoms with E-state index in [4.69, 9.17) is 9.72 Å². The molecule has 4 aromatic rings. The number of amides is 1. The molecule has 5 rings (SSSR count). The van der Waals surface area contributed by atoms with Crippen LogP contribution in [0.4, 0.5) is 10.1 Å². The minimum absolute atomic E-state index is 0.0379. The number of fused-ring (bicyclic) bond motifs is 2. The molecule has 1 aromatic heterocycles. The zero-order chi connectivity index (χ0) is 24.2. The molecule has 0 saturated heterocycles. The molecule has 1 aliphatic rings. The Bertz CT molecular complexity index is 1450. The number of carbonyl (C=O) groups is 2. The van der Waals surface area contributed by atoms with Crippen LogP contribution in [0.3, 0.4) is 0 Å². The molecule has 0 fully saturated rings. The first-order valence-corrected chi connectivity index (χ1v) is 11.5. The standard InChI is InChI=1S/C29H23FN2O3/c30-23-14-5-7-16-25(23)31-26(33)18-35-29(34)27-21-12-4-6-15-24(21)32-28-20(11-8-13-22(27)28)17-19-9-2-1-3-10-19/h1-7,9-10,12,14-17H,8,11,13,18H2,(H,31,33)/b20-17-. The van der Waals surface area contributed by atoms with Crippen molar-refractivity contribution >= 4 is 40.1 Å². The number of hydrogen-bond acceptors (Lipinski definition) is 4. The van der Waals surface area contributed by atoms with Gasteiger partial charge in [0.2, 0.25) is 0 Å². The number of ether oxygens (including phenoxy) is 1. The summed E-state index contributed by atoms with van der Waals surface area (Å²) in [5.41, 5.74) is 4.92. The molecule has 0 bridgehead atoms. The molecule has 1 amide bonds. The van der Waals surface area contributed by atoms with Crippen LogP contribution < -0.4 is 5.32 Å². The predicted molar refractivity (Wildman–Crippen MR) is 134 cm³/mol. The van der Waals surface area contributed by atoms with Crippen molar-refractivity contribution in [3.63, 3.8) is 0 Å². The average molecular weight is 467 g/mol. The van der Waals surface area contributed by atoms with Crippen molar-refractivity contribution in [1.29, 1.82) is 0 Å². The maximum absolute atomic E-state index is 13.8. The van der Waals surface area contributed by atoms with Crippen molar-refractivity contribution in [1.82, 2.24) is 4.98 Å². The van der Waals surface area contributed by atoms with Crippen LogP contribution in [0.1, 0.15) is 40.0 Å². The molecule has 1 N–H and O–H groups in total. The van der Waals surface area contributed by atoms with Gasteiger partial charge in [-0.25, -0.2) is 14.2 Å².